The average molecular weight is 245 g/mol. The normalized spacial score (nSPS) is 28.9. The highest BCUT2D eigenvalue weighted by molar-refractivity contribution is 5.33. The highest BCUT2D eigenvalue weighted by Crippen LogP contribution is 2.43. The number of halogens is 3. The summed E-state index contributed by atoms with van der Waals surface area (Å²) in [5, 5.41) is 9.32. The van der Waals surface area contributed by atoms with Crippen LogP contribution in [0.5, 0.6) is 0 Å². The maximum atomic E-state index is 12.4. The van der Waals surface area contributed by atoms with Gasteiger partial charge in [-0.1, -0.05) is 12.1 Å². The van der Waals surface area contributed by atoms with E-state index >= 15 is 0 Å². The minimum atomic E-state index is -4.31. The summed E-state index contributed by atoms with van der Waals surface area (Å²) in [7, 11) is 0. The molecule has 0 amide bonds. The molecule has 17 heavy (non-hydrogen) atoms. The number of hydrogen-bond donors (Lipinski definition) is 2. The number of nitrogens with two attached hydrogens (primary N) is 1. The summed E-state index contributed by atoms with van der Waals surface area (Å²) in [6.45, 7) is 0.343. The molecule has 0 radical (unpaired) electrons. The minimum Gasteiger partial charge on any atom is -0.393 e. The van der Waals surface area contributed by atoms with Gasteiger partial charge in [-0.3, -0.25) is 0 Å². The molecule has 0 saturated heterocycles. The molecule has 1 fully saturated rings. The molecule has 0 aromatic heterocycles. The van der Waals surface area contributed by atoms with E-state index in [-0.39, 0.29) is 11.5 Å². The summed E-state index contributed by atoms with van der Waals surface area (Å²) >= 11 is 0. The molecular weight excluding hydrogens is 231 g/mol. The van der Waals surface area contributed by atoms with Gasteiger partial charge in [0.15, 0.2) is 0 Å². The average Bonchev–Trinajstić information content (AvgIpc) is 2.23. The molecule has 0 spiro atoms. The summed E-state index contributed by atoms with van der Waals surface area (Å²) in [4.78, 5) is 0. The zero-order valence-electron chi connectivity index (χ0n) is 9.17. The summed E-state index contributed by atoms with van der Waals surface area (Å²) in [5.41, 5.74) is 5.43. The van der Waals surface area contributed by atoms with E-state index in [9.17, 15) is 18.3 Å². The summed E-state index contributed by atoms with van der Waals surface area (Å²) < 4.78 is 37.2. The first kappa shape index (κ1) is 12.4. The van der Waals surface area contributed by atoms with Gasteiger partial charge in [-0.2, -0.15) is 13.2 Å². The van der Waals surface area contributed by atoms with E-state index in [0.717, 1.165) is 17.7 Å². The van der Waals surface area contributed by atoms with Crippen LogP contribution in [0.25, 0.3) is 0 Å². The van der Waals surface area contributed by atoms with Crippen LogP contribution in [0.15, 0.2) is 24.3 Å². The van der Waals surface area contributed by atoms with Crippen LogP contribution in [0.1, 0.15) is 24.0 Å². The largest absolute Gasteiger partial charge is 0.416 e. The quantitative estimate of drug-likeness (QED) is 0.837. The SMILES string of the molecule is NCC1(c2ccc(C(F)(F)F)cc2)CC(O)C1. The van der Waals surface area contributed by atoms with Crippen LogP contribution in [-0.4, -0.2) is 17.8 Å². The number of aliphatic hydroxyl groups is 1. The van der Waals surface area contributed by atoms with E-state index in [1.54, 1.807) is 0 Å². The standard InChI is InChI=1S/C12H14F3NO/c13-12(14,15)9-3-1-8(2-4-9)11(7-16)5-10(17)6-11/h1-4,10,17H,5-7,16H2. The Balaban J connectivity index is 2.24. The fourth-order valence-corrected chi connectivity index (χ4v) is 2.38. The van der Waals surface area contributed by atoms with Gasteiger partial charge in [0.25, 0.3) is 0 Å². The molecule has 94 valence electrons. The maximum Gasteiger partial charge on any atom is 0.416 e. The van der Waals surface area contributed by atoms with Crippen molar-refractivity contribution in [2.24, 2.45) is 5.73 Å². The molecule has 0 heterocycles. The van der Waals surface area contributed by atoms with E-state index in [1.807, 2.05) is 0 Å². The Morgan fingerprint density at radius 1 is 1.24 bits per heavy atom. The van der Waals surface area contributed by atoms with Crippen molar-refractivity contribution in [2.45, 2.75) is 30.5 Å². The van der Waals surface area contributed by atoms with Crippen molar-refractivity contribution >= 4 is 0 Å². The predicted molar refractivity (Wildman–Crippen MR) is 57.4 cm³/mol. The van der Waals surface area contributed by atoms with Gasteiger partial charge in [-0.25, -0.2) is 0 Å². The second kappa shape index (κ2) is 3.99. The maximum absolute atomic E-state index is 12.4. The van der Waals surface area contributed by atoms with Gasteiger partial charge in [-0.05, 0) is 30.5 Å². The fourth-order valence-electron chi connectivity index (χ4n) is 2.38. The molecule has 1 saturated carbocycles. The van der Waals surface area contributed by atoms with E-state index in [4.69, 9.17) is 5.73 Å². The molecule has 0 bridgehead atoms. The number of benzene rings is 1. The molecular formula is C12H14F3NO. The van der Waals surface area contributed by atoms with Crippen LogP contribution in [0.3, 0.4) is 0 Å². The summed E-state index contributed by atoms with van der Waals surface area (Å²) in [6, 6.07) is 5.05. The van der Waals surface area contributed by atoms with Crippen molar-refractivity contribution < 1.29 is 18.3 Å². The molecule has 1 aliphatic rings. The Kier molecular flexibility index (Phi) is 2.91. The van der Waals surface area contributed by atoms with Crippen LogP contribution in [0, 0.1) is 0 Å². The third-order valence-corrected chi connectivity index (χ3v) is 3.47. The van der Waals surface area contributed by atoms with Gasteiger partial charge in [0.2, 0.25) is 0 Å². The Hall–Kier alpha value is -1.07. The van der Waals surface area contributed by atoms with Crippen molar-refractivity contribution in [2.75, 3.05) is 6.54 Å². The van der Waals surface area contributed by atoms with Crippen molar-refractivity contribution in [3.05, 3.63) is 35.4 Å². The summed E-state index contributed by atoms with van der Waals surface area (Å²) in [6.07, 6.45) is -3.65. The zero-order chi connectivity index (χ0) is 12.7. The molecule has 1 aromatic carbocycles. The smallest absolute Gasteiger partial charge is 0.393 e. The number of hydrogen-bond acceptors (Lipinski definition) is 2. The number of rotatable bonds is 2. The molecule has 0 aliphatic heterocycles. The Morgan fingerprint density at radius 2 is 1.76 bits per heavy atom. The highest BCUT2D eigenvalue weighted by atomic mass is 19.4. The Morgan fingerprint density at radius 3 is 2.12 bits per heavy atom. The van der Waals surface area contributed by atoms with Crippen LogP contribution < -0.4 is 5.73 Å². The second-order valence-electron chi connectivity index (χ2n) is 4.62. The monoisotopic (exact) mass is 245 g/mol. The molecule has 2 rings (SSSR count). The molecule has 0 atom stereocenters. The van der Waals surface area contributed by atoms with Crippen LogP contribution >= 0.6 is 0 Å². The molecule has 0 unspecified atom stereocenters. The first-order valence-electron chi connectivity index (χ1n) is 5.43. The highest BCUT2D eigenvalue weighted by Gasteiger charge is 2.44. The van der Waals surface area contributed by atoms with Gasteiger partial charge >= 0.3 is 6.18 Å². The van der Waals surface area contributed by atoms with Crippen LogP contribution in [0.2, 0.25) is 0 Å². The first-order chi connectivity index (χ1) is 7.87. The second-order valence-corrected chi connectivity index (χ2v) is 4.62. The van der Waals surface area contributed by atoms with Crippen LogP contribution in [-0.2, 0) is 11.6 Å². The predicted octanol–water partition coefficient (Wildman–Crippen LogP) is 2.06. The first-order valence-corrected chi connectivity index (χ1v) is 5.43. The van der Waals surface area contributed by atoms with Crippen LogP contribution in [0.4, 0.5) is 13.2 Å². The van der Waals surface area contributed by atoms with Gasteiger partial charge in [-0.15, -0.1) is 0 Å². The molecule has 1 aromatic rings. The lowest BCUT2D eigenvalue weighted by molar-refractivity contribution is -0.137. The zero-order valence-corrected chi connectivity index (χ0v) is 9.17. The van der Waals surface area contributed by atoms with Crippen molar-refractivity contribution in [1.29, 1.82) is 0 Å². The molecule has 2 nitrogen and oxygen atoms in total. The third-order valence-electron chi connectivity index (χ3n) is 3.47. The summed E-state index contributed by atoms with van der Waals surface area (Å²) in [5.74, 6) is 0. The van der Waals surface area contributed by atoms with Crippen molar-refractivity contribution in [3.8, 4) is 0 Å². The lowest BCUT2D eigenvalue weighted by Gasteiger charge is -2.45. The van der Waals surface area contributed by atoms with E-state index in [1.165, 1.54) is 12.1 Å². The molecule has 5 heteroatoms. The van der Waals surface area contributed by atoms with E-state index in [0.29, 0.717) is 19.4 Å². The Labute approximate surface area is 97.2 Å². The Bertz CT molecular complexity index is 393. The van der Waals surface area contributed by atoms with Gasteiger partial charge in [0, 0.05) is 12.0 Å². The molecule has 3 N–H and O–H groups in total. The minimum absolute atomic E-state index is 0.343. The fraction of sp³-hybridized carbons (Fsp3) is 0.500. The van der Waals surface area contributed by atoms with Crippen molar-refractivity contribution in [3.63, 3.8) is 0 Å². The topological polar surface area (TPSA) is 46.2 Å². The molecule has 1 aliphatic carbocycles. The lowest BCUT2D eigenvalue weighted by atomic mass is 9.63. The van der Waals surface area contributed by atoms with Gasteiger partial charge in [0.05, 0.1) is 11.7 Å². The van der Waals surface area contributed by atoms with E-state index in [2.05, 4.69) is 0 Å². The third kappa shape index (κ3) is 2.17. The van der Waals surface area contributed by atoms with Gasteiger partial charge < -0.3 is 10.8 Å². The van der Waals surface area contributed by atoms with Crippen molar-refractivity contribution in [1.82, 2.24) is 0 Å². The number of alkyl halides is 3. The lowest BCUT2D eigenvalue weighted by Crippen LogP contribution is -2.49. The number of aliphatic hydroxyl groups excluding tert-OH is 1. The van der Waals surface area contributed by atoms with E-state index < -0.39 is 11.7 Å². The van der Waals surface area contributed by atoms with Gasteiger partial charge in [0.1, 0.15) is 0 Å².